The van der Waals surface area contributed by atoms with E-state index in [-0.39, 0.29) is 9.77 Å². The van der Waals surface area contributed by atoms with Gasteiger partial charge in [0.05, 0.1) is 13.2 Å². The summed E-state index contributed by atoms with van der Waals surface area (Å²) in [5.74, 6) is -0.676. The summed E-state index contributed by atoms with van der Waals surface area (Å²) in [5.41, 5.74) is 0. The highest BCUT2D eigenvalue weighted by molar-refractivity contribution is 7.89. The van der Waals surface area contributed by atoms with Crippen LogP contribution in [0, 0.1) is 0 Å². The van der Waals surface area contributed by atoms with Crippen LogP contribution in [0.4, 0.5) is 0 Å². The molecule has 1 aromatic heterocycles. The van der Waals surface area contributed by atoms with Crippen molar-refractivity contribution in [1.29, 1.82) is 0 Å². The third kappa shape index (κ3) is 3.20. The van der Waals surface area contributed by atoms with E-state index in [9.17, 15) is 18.3 Å². The molecule has 8 heteroatoms. The molecule has 2 rings (SSSR count). The molecule has 0 spiro atoms. The van der Waals surface area contributed by atoms with Crippen LogP contribution < -0.4 is 4.72 Å². The minimum atomic E-state index is -3.84. The second-order valence-corrected chi connectivity index (χ2v) is 7.28. The van der Waals surface area contributed by atoms with Gasteiger partial charge in [-0.25, -0.2) is 17.9 Å². The normalized spacial score (nSPS) is 23.5. The Balaban J connectivity index is 2.22. The van der Waals surface area contributed by atoms with Crippen molar-refractivity contribution in [3.05, 3.63) is 16.3 Å². The molecule has 0 aromatic carbocycles. The largest absolute Gasteiger partial charge is 0.465 e. The molecular weight excluding hydrogens is 302 g/mol. The molecule has 2 N–H and O–H groups in total. The number of ether oxygens (including phenoxy) is 1. The summed E-state index contributed by atoms with van der Waals surface area (Å²) >= 11 is 1.02. The van der Waals surface area contributed by atoms with Crippen molar-refractivity contribution >= 4 is 27.3 Å². The lowest BCUT2D eigenvalue weighted by Crippen LogP contribution is -2.45. The maximum absolute atomic E-state index is 12.3. The van der Waals surface area contributed by atoms with Crippen LogP contribution in [-0.2, 0) is 14.8 Å². The van der Waals surface area contributed by atoms with Gasteiger partial charge in [0.25, 0.3) is 0 Å². The highest BCUT2D eigenvalue weighted by Crippen LogP contribution is 2.25. The number of sulfonamides is 1. The number of esters is 1. The van der Waals surface area contributed by atoms with E-state index in [1.54, 1.807) is 0 Å². The van der Waals surface area contributed by atoms with Gasteiger partial charge >= 0.3 is 5.97 Å². The van der Waals surface area contributed by atoms with Gasteiger partial charge in [0, 0.05) is 6.04 Å². The van der Waals surface area contributed by atoms with E-state index in [4.69, 9.17) is 0 Å². The number of methoxy groups -OCH3 is 1. The fraction of sp³-hybridized carbons (Fsp3) is 0.583. The first-order valence-corrected chi connectivity index (χ1v) is 8.68. The topological polar surface area (TPSA) is 92.7 Å². The molecule has 1 saturated carbocycles. The van der Waals surface area contributed by atoms with Crippen molar-refractivity contribution in [3.63, 3.8) is 0 Å². The van der Waals surface area contributed by atoms with Crippen molar-refractivity contribution in [1.82, 2.24) is 4.72 Å². The fourth-order valence-corrected chi connectivity index (χ4v) is 4.90. The van der Waals surface area contributed by atoms with Gasteiger partial charge in [-0.3, -0.25) is 0 Å². The predicted molar refractivity (Wildman–Crippen MR) is 74.2 cm³/mol. The quantitative estimate of drug-likeness (QED) is 0.811. The second-order valence-electron chi connectivity index (χ2n) is 4.69. The minimum Gasteiger partial charge on any atom is -0.465 e. The van der Waals surface area contributed by atoms with E-state index in [2.05, 4.69) is 9.46 Å². The van der Waals surface area contributed by atoms with Crippen LogP contribution in [0.5, 0.6) is 0 Å². The number of nitrogens with one attached hydrogen (secondary N) is 1. The standard InChI is InChI=1S/C12H17NO5S2/c1-18-12(15)11-10(6-7-19-11)20(16,17)13-8-4-2-3-5-9(8)14/h6-9,13-14H,2-5H2,1H3/t8-,9-/m1/s1. The van der Waals surface area contributed by atoms with Crippen LogP contribution in [0.15, 0.2) is 16.3 Å². The van der Waals surface area contributed by atoms with Gasteiger partial charge in [0.15, 0.2) is 0 Å². The van der Waals surface area contributed by atoms with E-state index >= 15 is 0 Å². The van der Waals surface area contributed by atoms with Gasteiger partial charge in [0.2, 0.25) is 10.0 Å². The fourth-order valence-electron chi connectivity index (χ4n) is 2.26. The highest BCUT2D eigenvalue weighted by Gasteiger charge is 2.31. The van der Waals surface area contributed by atoms with Gasteiger partial charge in [-0.05, 0) is 24.3 Å². The summed E-state index contributed by atoms with van der Waals surface area (Å²) in [6.07, 6.45) is 2.26. The number of aliphatic hydroxyl groups is 1. The SMILES string of the molecule is COC(=O)c1sccc1S(=O)(=O)N[C@@H]1CCCC[C@H]1O. The molecule has 1 aliphatic rings. The Kier molecular flexibility index (Phi) is 4.79. The zero-order chi connectivity index (χ0) is 14.8. The monoisotopic (exact) mass is 319 g/mol. The van der Waals surface area contributed by atoms with Crippen LogP contribution in [-0.4, -0.2) is 38.7 Å². The van der Waals surface area contributed by atoms with E-state index < -0.39 is 28.1 Å². The van der Waals surface area contributed by atoms with Crippen LogP contribution >= 0.6 is 11.3 Å². The van der Waals surface area contributed by atoms with Crippen LogP contribution in [0.2, 0.25) is 0 Å². The van der Waals surface area contributed by atoms with Gasteiger partial charge in [0.1, 0.15) is 9.77 Å². The van der Waals surface area contributed by atoms with Crippen molar-refractivity contribution < 1.29 is 23.1 Å². The number of aliphatic hydroxyl groups excluding tert-OH is 1. The van der Waals surface area contributed by atoms with Crippen LogP contribution in [0.3, 0.4) is 0 Å². The van der Waals surface area contributed by atoms with Crippen LogP contribution in [0.1, 0.15) is 35.4 Å². The predicted octanol–water partition coefficient (Wildman–Crippen LogP) is 1.12. The van der Waals surface area contributed by atoms with Gasteiger partial charge in [-0.15, -0.1) is 11.3 Å². The number of carbonyl (C=O) groups is 1. The maximum Gasteiger partial charge on any atom is 0.349 e. The Bertz CT molecular complexity index is 580. The number of hydrogen-bond donors (Lipinski definition) is 2. The van der Waals surface area contributed by atoms with Crippen LogP contribution in [0.25, 0.3) is 0 Å². The molecule has 20 heavy (non-hydrogen) atoms. The molecule has 0 saturated heterocycles. The molecule has 6 nitrogen and oxygen atoms in total. The first-order valence-electron chi connectivity index (χ1n) is 6.32. The van der Waals surface area contributed by atoms with E-state index in [0.717, 1.165) is 24.2 Å². The molecule has 1 aromatic rings. The summed E-state index contributed by atoms with van der Waals surface area (Å²) in [4.78, 5) is 11.5. The second kappa shape index (κ2) is 6.21. The molecule has 0 radical (unpaired) electrons. The Morgan fingerprint density at radius 3 is 2.80 bits per heavy atom. The zero-order valence-corrected chi connectivity index (χ0v) is 12.7. The molecule has 0 bridgehead atoms. The van der Waals surface area contributed by atoms with Crippen molar-refractivity contribution in [2.75, 3.05) is 7.11 Å². The number of carbonyl (C=O) groups excluding carboxylic acids is 1. The Labute approximate surface area is 121 Å². The van der Waals surface area contributed by atoms with Crippen molar-refractivity contribution in [3.8, 4) is 0 Å². The van der Waals surface area contributed by atoms with Crippen molar-refractivity contribution in [2.24, 2.45) is 0 Å². The van der Waals surface area contributed by atoms with Gasteiger partial charge in [-0.1, -0.05) is 12.8 Å². The molecular formula is C12H17NO5S2. The van der Waals surface area contributed by atoms with Crippen molar-refractivity contribution in [2.45, 2.75) is 42.7 Å². The summed E-state index contributed by atoms with van der Waals surface area (Å²) in [6.45, 7) is 0. The summed E-state index contributed by atoms with van der Waals surface area (Å²) < 4.78 is 31.7. The lowest BCUT2D eigenvalue weighted by molar-refractivity contribution is 0.0602. The highest BCUT2D eigenvalue weighted by atomic mass is 32.2. The third-order valence-corrected chi connectivity index (χ3v) is 5.88. The number of rotatable bonds is 4. The summed E-state index contributed by atoms with van der Waals surface area (Å²) in [7, 11) is -2.63. The Hall–Kier alpha value is -0.960. The summed E-state index contributed by atoms with van der Waals surface area (Å²) in [6, 6.07) is 0.869. The lowest BCUT2D eigenvalue weighted by atomic mass is 9.93. The number of hydrogen-bond acceptors (Lipinski definition) is 6. The molecule has 112 valence electrons. The maximum atomic E-state index is 12.3. The zero-order valence-electron chi connectivity index (χ0n) is 11.0. The van der Waals surface area contributed by atoms with Gasteiger partial charge < -0.3 is 9.84 Å². The first kappa shape index (κ1) is 15.4. The Morgan fingerprint density at radius 2 is 2.15 bits per heavy atom. The Morgan fingerprint density at radius 1 is 1.45 bits per heavy atom. The molecule has 0 amide bonds. The third-order valence-electron chi connectivity index (χ3n) is 3.33. The molecule has 1 heterocycles. The molecule has 1 aliphatic carbocycles. The van der Waals surface area contributed by atoms with E-state index in [1.807, 2.05) is 0 Å². The van der Waals surface area contributed by atoms with E-state index in [0.29, 0.717) is 12.8 Å². The molecule has 1 fully saturated rings. The van der Waals surface area contributed by atoms with Gasteiger partial charge in [-0.2, -0.15) is 0 Å². The lowest BCUT2D eigenvalue weighted by Gasteiger charge is -2.28. The average Bonchev–Trinajstić information content (AvgIpc) is 2.90. The molecule has 2 atom stereocenters. The average molecular weight is 319 g/mol. The molecule has 0 aliphatic heterocycles. The van der Waals surface area contributed by atoms with E-state index in [1.165, 1.54) is 18.6 Å². The summed E-state index contributed by atoms with van der Waals surface area (Å²) in [5, 5.41) is 11.4. The number of thiophene rings is 1. The smallest absolute Gasteiger partial charge is 0.349 e. The molecule has 0 unspecified atom stereocenters. The first-order chi connectivity index (χ1) is 9.45. The minimum absolute atomic E-state index is 0.0466.